The monoisotopic (exact) mass is 289 g/mol. The highest BCUT2D eigenvalue weighted by atomic mass is 16.6. The van der Waals surface area contributed by atoms with Gasteiger partial charge in [-0.2, -0.15) is 0 Å². The van der Waals surface area contributed by atoms with Crippen LogP contribution in [0.25, 0.3) is 0 Å². The summed E-state index contributed by atoms with van der Waals surface area (Å²) in [7, 11) is 1.60. The van der Waals surface area contributed by atoms with Gasteiger partial charge in [-0.3, -0.25) is 4.90 Å². The molecule has 0 aromatic heterocycles. The fraction of sp³-hybridized carbons (Fsp3) is 0.375. The molecule has 5 heteroatoms. The second-order valence-electron chi connectivity index (χ2n) is 5.16. The van der Waals surface area contributed by atoms with Crippen molar-refractivity contribution in [3.8, 4) is 5.75 Å². The highest BCUT2D eigenvalue weighted by Gasteiger charge is 2.25. The van der Waals surface area contributed by atoms with Crippen LogP contribution in [0.3, 0.4) is 0 Å². The summed E-state index contributed by atoms with van der Waals surface area (Å²) in [5.74, 6) is 0.752. The molecule has 5 nitrogen and oxygen atoms in total. The molecule has 1 unspecified atom stereocenters. The Labute approximate surface area is 124 Å². The summed E-state index contributed by atoms with van der Waals surface area (Å²) < 4.78 is 9.95. The van der Waals surface area contributed by atoms with Crippen LogP contribution >= 0.6 is 0 Å². The van der Waals surface area contributed by atoms with Crippen molar-refractivity contribution in [2.75, 3.05) is 20.3 Å². The van der Waals surface area contributed by atoms with Gasteiger partial charge in [0.2, 0.25) is 0 Å². The largest absolute Gasteiger partial charge is 0.497 e. The third-order valence-corrected chi connectivity index (χ3v) is 3.63. The molecule has 112 valence electrons. The fourth-order valence-corrected chi connectivity index (χ4v) is 2.17. The molecule has 0 N–H and O–H groups in total. The van der Waals surface area contributed by atoms with Crippen LogP contribution in [0.15, 0.2) is 36.5 Å². The van der Waals surface area contributed by atoms with E-state index < -0.39 is 5.41 Å². The number of rotatable bonds is 6. The van der Waals surface area contributed by atoms with Gasteiger partial charge in [-0.25, -0.2) is 4.79 Å². The van der Waals surface area contributed by atoms with Crippen molar-refractivity contribution in [2.45, 2.75) is 18.8 Å². The van der Waals surface area contributed by atoms with Gasteiger partial charge >= 0.3 is 6.09 Å². The standard InChI is InChI=1S/C16H19NO4/c1-16(12-18,13-4-6-14(20-2)7-5-13)8-3-9-17-10-11-21-15(17)19/h3-7,9,12H,8,10-11H2,1-2H3/b9-3+. The predicted octanol–water partition coefficient (Wildman–Crippen LogP) is 2.51. The number of carbonyl (C=O) groups is 2. The number of benzene rings is 1. The first-order valence-corrected chi connectivity index (χ1v) is 6.80. The van der Waals surface area contributed by atoms with E-state index in [2.05, 4.69) is 0 Å². The number of aldehydes is 1. The third-order valence-electron chi connectivity index (χ3n) is 3.63. The molecule has 0 saturated carbocycles. The summed E-state index contributed by atoms with van der Waals surface area (Å²) in [6, 6.07) is 7.42. The molecule has 1 aromatic rings. The molecule has 1 amide bonds. The summed E-state index contributed by atoms with van der Waals surface area (Å²) in [6.45, 7) is 2.83. The van der Waals surface area contributed by atoms with Crippen LogP contribution in [0.1, 0.15) is 18.9 Å². The molecule has 1 saturated heterocycles. The van der Waals surface area contributed by atoms with Crippen molar-refractivity contribution < 1.29 is 19.1 Å². The zero-order valence-electron chi connectivity index (χ0n) is 12.2. The van der Waals surface area contributed by atoms with Gasteiger partial charge in [0.05, 0.1) is 19.1 Å². The van der Waals surface area contributed by atoms with E-state index in [-0.39, 0.29) is 6.09 Å². The number of ether oxygens (including phenoxy) is 2. The van der Waals surface area contributed by atoms with Gasteiger partial charge in [0.15, 0.2) is 0 Å². The minimum Gasteiger partial charge on any atom is -0.497 e. The Kier molecular flexibility index (Phi) is 4.62. The van der Waals surface area contributed by atoms with E-state index in [1.165, 1.54) is 4.90 Å². The molecule has 0 radical (unpaired) electrons. The van der Waals surface area contributed by atoms with E-state index in [0.717, 1.165) is 17.6 Å². The molecule has 2 rings (SSSR count). The number of amides is 1. The Balaban J connectivity index is 2.07. The van der Waals surface area contributed by atoms with Gasteiger partial charge in [-0.15, -0.1) is 0 Å². The highest BCUT2D eigenvalue weighted by Crippen LogP contribution is 2.27. The maximum Gasteiger partial charge on any atom is 0.413 e. The first-order valence-electron chi connectivity index (χ1n) is 6.80. The van der Waals surface area contributed by atoms with Crippen LogP contribution in [-0.2, 0) is 14.9 Å². The van der Waals surface area contributed by atoms with E-state index >= 15 is 0 Å². The smallest absolute Gasteiger partial charge is 0.413 e. The molecule has 1 aromatic carbocycles. The van der Waals surface area contributed by atoms with Crippen LogP contribution in [0.5, 0.6) is 5.75 Å². The molecule has 0 aliphatic carbocycles. The van der Waals surface area contributed by atoms with E-state index in [1.54, 1.807) is 13.3 Å². The van der Waals surface area contributed by atoms with Crippen molar-refractivity contribution >= 4 is 12.4 Å². The number of allylic oxidation sites excluding steroid dienone is 1. The van der Waals surface area contributed by atoms with Crippen LogP contribution < -0.4 is 4.74 Å². The minimum absolute atomic E-state index is 0.344. The van der Waals surface area contributed by atoms with E-state index in [1.807, 2.05) is 37.3 Å². The lowest BCUT2D eigenvalue weighted by Crippen LogP contribution is -2.23. The molecule has 1 atom stereocenters. The Morgan fingerprint density at radius 2 is 2.10 bits per heavy atom. The lowest BCUT2D eigenvalue weighted by Gasteiger charge is -2.22. The molecular formula is C16H19NO4. The lowest BCUT2D eigenvalue weighted by atomic mass is 9.81. The summed E-state index contributed by atoms with van der Waals surface area (Å²) in [6.07, 6.45) is 4.60. The second-order valence-corrected chi connectivity index (χ2v) is 5.16. The molecule has 1 heterocycles. The average Bonchev–Trinajstić information content (AvgIpc) is 2.92. The molecule has 0 spiro atoms. The minimum atomic E-state index is -0.633. The number of nitrogens with zero attached hydrogens (tertiary/aromatic N) is 1. The maximum absolute atomic E-state index is 11.5. The summed E-state index contributed by atoms with van der Waals surface area (Å²) in [5, 5.41) is 0. The summed E-state index contributed by atoms with van der Waals surface area (Å²) in [5.41, 5.74) is 0.277. The molecule has 1 aliphatic rings. The molecule has 1 fully saturated rings. The lowest BCUT2D eigenvalue weighted by molar-refractivity contribution is -0.112. The average molecular weight is 289 g/mol. The maximum atomic E-state index is 11.5. The fourth-order valence-electron chi connectivity index (χ4n) is 2.17. The molecule has 1 aliphatic heterocycles. The molecule has 0 bridgehead atoms. The SMILES string of the molecule is COc1ccc(C(C)(C=O)C/C=C/N2CCOC2=O)cc1. The normalized spacial score (nSPS) is 17.6. The number of hydrogen-bond acceptors (Lipinski definition) is 4. The first-order chi connectivity index (χ1) is 10.1. The van der Waals surface area contributed by atoms with Crippen LogP contribution in [-0.4, -0.2) is 37.5 Å². The topological polar surface area (TPSA) is 55.8 Å². The van der Waals surface area contributed by atoms with Gasteiger partial charge in [-0.05, 0) is 31.0 Å². The predicted molar refractivity (Wildman–Crippen MR) is 78.2 cm³/mol. The second kappa shape index (κ2) is 6.43. The van der Waals surface area contributed by atoms with E-state index in [4.69, 9.17) is 9.47 Å². The quantitative estimate of drug-likeness (QED) is 0.755. The van der Waals surface area contributed by atoms with Gasteiger partial charge < -0.3 is 14.3 Å². The van der Waals surface area contributed by atoms with Crippen molar-refractivity contribution in [1.29, 1.82) is 0 Å². The molecule has 21 heavy (non-hydrogen) atoms. The van der Waals surface area contributed by atoms with Crippen molar-refractivity contribution in [2.24, 2.45) is 0 Å². The van der Waals surface area contributed by atoms with E-state index in [0.29, 0.717) is 19.6 Å². The number of methoxy groups -OCH3 is 1. The Morgan fingerprint density at radius 1 is 1.38 bits per heavy atom. The van der Waals surface area contributed by atoms with Crippen LogP contribution in [0.2, 0.25) is 0 Å². The Bertz CT molecular complexity index is 538. The van der Waals surface area contributed by atoms with Crippen molar-refractivity contribution in [3.05, 3.63) is 42.1 Å². The zero-order chi connectivity index (χ0) is 15.3. The zero-order valence-corrected chi connectivity index (χ0v) is 12.2. The van der Waals surface area contributed by atoms with Crippen molar-refractivity contribution in [3.63, 3.8) is 0 Å². The number of carbonyl (C=O) groups excluding carboxylic acids is 2. The third kappa shape index (κ3) is 3.42. The summed E-state index contributed by atoms with van der Waals surface area (Å²) in [4.78, 5) is 24.3. The van der Waals surface area contributed by atoms with Gasteiger partial charge in [0.25, 0.3) is 0 Å². The van der Waals surface area contributed by atoms with Crippen LogP contribution in [0.4, 0.5) is 4.79 Å². The van der Waals surface area contributed by atoms with Gasteiger partial charge in [-0.1, -0.05) is 18.2 Å². The molecular weight excluding hydrogens is 270 g/mol. The highest BCUT2D eigenvalue weighted by molar-refractivity contribution is 5.71. The van der Waals surface area contributed by atoms with Gasteiger partial charge in [0, 0.05) is 6.20 Å². The van der Waals surface area contributed by atoms with Gasteiger partial charge in [0.1, 0.15) is 18.6 Å². The Morgan fingerprint density at radius 3 is 2.62 bits per heavy atom. The first kappa shape index (κ1) is 15.1. The number of cyclic esters (lactones) is 1. The number of hydrogen-bond donors (Lipinski definition) is 0. The van der Waals surface area contributed by atoms with E-state index in [9.17, 15) is 9.59 Å². The summed E-state index contributed by atoms with van der Waals surface area (Å²) >= 11 is 0. The van der Waals surface area contributed by atoms with Crippen LogP contribution in [0, 0.1) is 0 Å². The van der Waals surface area contributed by atoms with Crippen molar-refractivity contribution in [1.82, 2.24) is 4.90 Å². The Hall–Kier alpha value is -2.30.